The first-order valence-corrected chi connectivity index (χ1v) is 12.3. The van der Waals surface area contributed by atoms with Gasteiger partial charge in [0.25, 0.3) is 0 Å². The molecule has 0 amide bonds. The lowest BCUT2D eigenvalue weighted by atomic mass is 9.99. The van der Waals surface area contributed by atoms with Crippen LogP contribution in [-0.4, -0.2) is 36.2 Å². The van der Waals surface area contributed by atoms with Gasteiger partial charge in [0.1, 0.15) is 29.6 Å². The molecule has 5 rings (SSSR count). The minimum atomic E-state index is 0.233. The maximum absolute atomic E-state index is 9.95. The minimum Gasteiger partial charge on any atom is -0.508 e. The van der Waals surface area contributed by atoms with E-state index in [1.54, 1.807) is 12.1 Å². The Bertz CT molecular complexity index is 1250. The molecule has 174 valence electrons. The fraction of sp³-hybridized carbons (Fsp3) is 0.241. The fourth-order valence-electron chi connectivity index (χ4n) is 4.46. The highest BCUT2D eigenvalue weighted by atomic mass is 32.1. The van der Waals surface area contributed by atoms with Gasteiger partial charge in [0.15, 0.2) is 0 Å². The number of benzene rings is 4. The zero-order chi connectivity index (χ0) is 23.3. The zero-order valence-electron chi connectivity index (χ0n) is 19.1. The standard InChI is InChI=1S/C29H29NO3S/c31-23-7-15-28-22(20-23)6-14-27(21-4-12-26(34)13-5-21)29(28)33-25-10-8-24(9-11-25)32-19-18-30-16-2-1-3-17-30/h4-15,20,31,34H,1-3,16-19H2. The van der Waals surface area contributed by atoms with E-state index in [4.69, 9.17) is 9.47 Å². The molecule has 0 bridgehead atoms. The van der Waals surface area contributed by atoms with Crippen LogP contribution in [0, 0.1) is 0 Å². The number of fused-ring (bicyclic) bond motifs is 1. The highest BCUT2D eigenvalue weighted by molar-refractivity contribution is 7.80. The van der Waals surface area contributed by atoms with Gasteiger partial charge >= 0.3 is 0 Å². The molecule has 4 nitrogen and oxygen atoms in total. The summed E-state index contributed by atoms with van der Waals surface area (Å²) in [6.07, 6.45) is 3.93. The van der Waals surface area contributed by atoms with Crippen molar-refractivity contribution in [1.82, 2.24) is 4.90 Å². The van der Waals surface area contributed by atoms with Gasteiger partial charge in [0.05, 0.1) is 0 Å². The summed E-state index contributed by atoms with van der Waals surface area (Å²) in [5.74, 6) is 2.56. The second-order valence-corrected chi connectivity index (χ2v) is 9.24. The fourth-order valence-corrected chi connectivity index (χ4v) is 4.61. The quantitative estimate of drug-likeness (QED) is 0.281. The second kappa shape index (κ2) is 10.4. The van der Waals surface area contributed by atoms with Gasteiger partial charge in [0.2, 0.25) is 0 Å². The highest BCUT2D eigenvalue weighted by Gasteiger charge is 2.14. The van der Waals surface area contributed by atoms with Gasteiger partial charge in [-0.15, -0.1) is 12.6 Å². The number of piperidine rings is 1. The van der Waals surface area contributed by atoms with E-state index in [0.29, 0.717) is 6.61 Å². The minimum absolute atomic E-state index is 0.233. The van der Waals surface area contributed by atoms with E-state index < -0.39 is 0 Å². The molecular weight excluding hydrogens is 442 g/mol. The molecule has 5 heteroatoms. The summed E-state index contributed by atoms with van der Waals surface area (Å²) in [7, 11) is 0. The van der Waals surface area contributed by atoms with Crippen LogP contribution in [0.15, 0.2) is 83.8 Å². The summed E-state index contributed by atoms with van der Waals surface area (Å²) in [5.41, 5.74) is 2.02. The Labute approximate surface area is 206 Å². The molecule has 0 atom stereocenters. The van der Waals surface area contributed by atoms with Crippen LogP contribution in [0.4, 0.5) is 0 Å². The van der Waals surface area contributed by atoms with E-state index in [0.717, 1.165) is 50.6 Å². The van der Waals surface area contributed by atoms with Crippen LogP contribution < -0.4 is 9.47 Å². The Balaban J connectivity index is 1.36. The number of hydrogen-bond donors (Lipinski definition) is 2. The molecule has 0 saturated carbocycles. The Morgan fingerprint density at radius 2 is 1.53 bits per heavy atom. The van der Waals surface area contributed by atoms with Gasteiger partial charge < -0.3 is 14.6 Å². The van der Waals surface area contributed by atoms with Gasteiger partial charge in [-0.2, -0.15) is 0 Å². The third kappa shape index (κ3) is 5.32. The summed E-state index contributed by atoms with van der Waals surface area (Å²) in [6.45, 7) is 4.02. The van der Waals surface area contributed by atoms with E-state index >= 15 is 0 Å². The third-order valence-electron chi connectivity index (χ3n) is 6.30. The Morgan fingerprint density at radius 3 is 2.29 bits per heavy atom. The Kier molecular flexibility index (Phi) is 6.93. The zero-order valence-corrected chi connectivity index (χ0v) is 20.0. The Morgan fingerprint density at radius 1 is 0.794 bits per heavy atom. The van der Waals surface area contributed by atoms with Crippen LogP contribution in [0.1, 0.15) is 19.3 Å². The second-order valence-electron chi connectivity index (χ2n) is 8.72. The van der Waals surface area contributed by atoms with Crippen molar-refractivity contribution in [3.8, 4) is 34.1 Å². The lowest BCUT2D eigenvalue weighted by Crippen LogP contribution is -2.33. The molecule has 0 radical (unpaired) electrons. The molecule has 1 fully saturated rings. The van der Waals surface area contributed by atoms with Gasteiger partial charge in [-0.05, 0) is 97.5 Å². The van der Waals surface area contributed by atoms with Gasteiger partial charge in [-0.3, -0.25) is 4.90 Å². The van der Waals surface area contributed by atoms with Gasteiger partial charge in [0, 0.05) is 22.4 Å². The van der Waals surface area contributed by atoms with Crippen molar-refractivity contribution in [1.29, 1.82) is 0 Å². The van der Waals surface area contributed by atoms with Gasteiger partial charge in [-0.1, -0.05) is 24.6 Å². The van der Waals surface area contributed by atoms with Crippen LogP contribution >= 0.6 is 12.6 Å². The Hall–Kier alpha value is -3.15. The first-order valence-electron chi connectivity index (χ1n) is 11.8. The predicted octanol–water partition coefficient (Wildman–Crippen LogP) is 7.16. The number of aromatic hydroxyl groups is 1. The van der Waals surface area contributed by atoms with E-state index in [-0.39, 0.29) is 5.75 Å². The average Bonchev–Trinajstić information content (AvgIpc) is 2.86. The van der Waals surface area contributed by atoms with Crippen molar-refractivity contribution < 1.29 is 14.6 Å². The first-order chi connectivity index (χ1) is 16.7. The molecule has 0 spiro atoms. The lowest BCUT2D eigenvalue weighted by Gasteiger charge is -2.26. The summed E-state index contributed by atoms with van der Waals surface area (Å²) >= 11 is 4.41. The lowest BCUT2D eigenvalue weighted by molar-refractivity contribution is 0.183. The predicted molar refractivity (Wildman–Crippen MR) is 141 cm³/mol. The van der Waals surface area contributed by atoms with Crippen LogP contribution in [0.5, 0.6) is 23.0 Å². The summed E-state index contributed by atoms with van der Waals surface area (Å²) in [4.78, 5) is 3.38. The first kappa shape index (κ1) is 22.6. The van der Waals surface area contributed by atoms with Crippen molar-refractivity contribution in [2.45, 2.75) is 24.2 Å². The van der Waals surface area contributed by atoms with E-state index in [9.17, 15) is 5.11 Å². The number of phenols is 1. The summed E-state index contributed by atoms with van der Waals surface area (Å²) in [5, 5.41) is 11.8. The van der Waals surface area contributed by atoms with Crippen LogP contribution in [0.2, 0.25) is 0 Å². The molecule has 1 N–H and O–H groups in total. The van der Waals surface area contributed by atoms with Crippen molar-refractivity contribution in [2.24, 2.45) is 0 Å². The highest BCUT2D eigenvalue weighted by Crippen LogP contribution is 2.41. The molecule has 1 saturated heterocycles. The number of thiol groups is 1. The van der Waals surface area contributed by atoms with E-state index in [2.05, 4.69) is 17.5 Å². The number of phenolic OH excluding ortho intramolecular Hbond substituents is 1. The molecule has 1 heterocycles. The van der Waals surface area contributed by atoms with Crippen molar-refractivity contribution in [3.05, 3.63) is 78.9 Å². The normalized spacial score (nSPS) is 14.3. The maximum atomic E-state index is 9.95. The number of hydrogen-bond acceptors (Lipinski definition) is 5. The molecule has 0 aromatic heterocycles. The van der Waals surface area contributed by atoms with Crippen molar-refractivity contribution in [2.75, 3.05) is 26.2 Å². The van der Waals surface area contributed by atoms with Gasteiger partial charge in [-0.25, -0.2) is 0 Å². The SMILES string of the molecule is Oc1ccc2c(Oc3ccc(OCCN4CCCCC4)cc3)c(-c3ccc(S)cc3)ccc2c1. The van der Waals surface area contributed by atoms with Crippen molar-refractivity contribution in [3.63, 3.8) is 0 Å². The topological polar surface area (TPSA) is 41.9 Å². The third-order valence-corrected chi connectivity index (χ3v) is 6.60. The van der Waals surface area contributed by atoms with Crippen LogP contribution in [0.3, 0.4) is 0 Å². The molecule has 4 aromatic carbocycles. The van der Waals surface area contributed by atoms with E-state index in [1.807, 2.05) is 66.7 Å². The number of nitrogens with zero attached hydrogens (tertiary/aromatic N) is 1. The van der Waals surface area contributed by atoms with Crippen LogP contribution in [0.25, 0.3) is 21.9 Å². The summed E-state index contributed by atoms with van der Waals surface area (Å²) < 4.78 is 12.4. The average molecular weight is 472 g/mol. The monoisotopic (exact) mass is 471 g/mol. The molecule has 34 heavy (non-hydrogen) atoms. The van der Waals surface area contributed by atoms with Crippen molar-refractivity contribution >= 4 is 23.4 Å². The molecule has 1 aliphatic rings. The molecule has 0 aliphatic carbocycles. The van der Waals surface area contributed by atoms with Crippen LogP contribution in [-0.2, 0) is 0 Å². The molecule has 1 aliphatic heterocycles. The molecular formula is C29H29NO3S. The smallest absolute Gasteiger partial charge is 0.143 e. The van der Waals surface area contributed by atoms with E-state index in [1.165, 1.54) is 32.4 Å². The largest absolute Gasteiger partial charge is 0.508 e. The molecule has 0 unspecified atom stereocenters. The number of rotatable bonds is 7. The number of likely N-dealkylation sites (tertiary alicyclic amines) is 1. The molecule has 4 aromatic rings. The maximum Gasteiger partial charge on any atom is 0.143 e. The summed E-state index contributed by atoms with van der Waals surface area (Å²) in [6, 6.07) is 25.2. The number of ether oxygens (including phenoxy) is 2.